The maximum absolute atomic E-state index is 14.0. The Morgan fingerprint density at radius 1 is 1.30 bits per heavy atom. The first-order chi connectivity index (χ1) is 13.1. The molecule has 142 valence electrons. The van der Waals surface area contributed by atoms with Crippen molar-refractivity contribution in [3.8, 4) is 5.75 Å². The summed E-state index contributed by atoms with van der Waals surface area (Å²) in [6.45, 7) is 3.26. The van der Waals surface area contributed by atoms with E-state index in [0.717, 1.165) is 23.0 Å². The van der Waals surface area contributed by atoms with Gasteiger partial charge in [0, 0.05) is 28.7 Å². The van der Waals surface area contributed by atoms with Gasteiger partial charge in [-0.2, -0.15) is 0 Å². The fourth-order valence-electron chi connectivity index (χ4n) is 2.52. The smallest absolute Gasteiger partial charge is 0.243 e. The number of anilines is 1. The molecule has 1 heterocycles. The van der Waals surface area contributed by atoms with Gasteiger partial charge in [0.25, 0.3) is 0 Å². The molecular formula is C18H18BrClFN5O. The predicted octanol–water partition coefficient (Wildman–Crippen LogP) is 4.83. The summed E-state index contributed by atoms with van der Waals surface area (Å²) < 4.78 is 22.4. The van der Waals surface area contributed by atoms with Crippen molar-refractivity contribution < 1.29 is 9.13 Å². The van der Waals surface area contributed by atoms with Gasteiger partial charge in [-0.3, -0.25) is 0 Å². The molecule has 1 aromatic heterocycles. The van der Waals surface area contributed by atoms with Crippen LogP contribution in [0, 0.1) is 5.82 Å². The van der Waals surface area contributed by atoms with Crippen LogP contribution >= 0.6 is 27.5 Å². The third-order valence-corrected chi connectivity index (χ3v) is 4.71. The Balaban J connectivity index is 1.74. The molecule has 0 saturated carbocycles. The number of nitrogens with one attached hydrogen (secondary N) is 1. The number of nitrogens with zero attached hydrogens (tertiary/aromatic N) is 4. The molecule has 0 saturated heterocycles. The second-order valence-corrected chi connectivity index (χ2v) is 7.14. The zero-order chi connectivity index (χ0) is 19.2. The van der Waals surface area contributed by atoms with Crippen LogP contribution in [0.2, 0.25) is 5.02 Å². The molecular weight excluding hydrogens is 437 g/mol. The molecule has 27 heavy (non-hydrogen) atoms. The maximum Gasteiger partial charge on any atom is 0.243 e. The average molecular weight is 455 g/mol. The van der Waals surface area contributed by atoms with Gasteiger partial charge in [-0.25, -0.2) is 9.07 Å². The van der Waals surface area contributed by atoms with Gasteiger partial charge in [0.1, 0.15) is 18.2 Å². The number of aromatic nitrogens is 4. The van der Waals surface area contributed by atoms with Crippen molar-refractivity contribution in [1.82, 2.24) is 20.2 Å². The first-order valence-electron chi connectivity index (χ1n) is 8.42. The molecule has 0 amide bonds. The maximum atomic E-state index is 14.0. The molecule has 1 N–H and O–H groups in total. The average Bonchev–Trinajstić information content (AvgIpc) is 3.08. The van der Waals surface area contributed by atoms with Crippen molar-refractivity contribution in [3.63, 3.8) is 0 Å². The Kier molecular flexibility index (Phi) is 6.63. The van der Waals surface area contributed by atoms with Crippen LogP contribution in [0.1, 0.15) is 24.5 Å². The Morgan fingerprint density at radius 3 is 2.93 bits per heavy atom. The minimum atomic E-state index is -0.391. The van der Waals surface area contributed by atoms with E-state index in [1.807, 2.05) is 18.2 Å². The lowest BCUT2D eigenvalue weighted by Gasteiger charge is -2.14. The summed E-state index contributed by atoms with van der Waals surface area (Å²) in [5, 5.41) is 15.2. The number of rotatable bonds is 8. The number of ether oxygens (including phenoxy) is 1. The van der Waals surface area contributed by atoms with Gasteiger partial charge in [0.2, 0.25) is 5.95 Å². The molecule has 0 aliphatic rings. The summed E-state index contributed by atoms with van der Waals surface area (Å²) in [6.07, 6.45) is 0.925. The van der Waals surface area contributed by atoms with Gasteiger partial charge >= 0.3 is 0 Å². The first kappa shape index (κ1) is 19.6. The van der Waals surface area contributed by atoms with Crippen LogP contribution in [0.3, 0.4) is 0 Å². The topological polar surface area (TPSA) is 64.9 Å². The van der Waals surface area contributed by atoms with E-state index in [-0.39, 0.29) is 6.61 Å². The van der Waals surface area contributed by atoms with E-state index >= 15 is 0 Å². The molecule has 0 spiro atoms. The predicted molar refractivity (Wildman–Crippen MR) is 105 cm³/mol. The zero-order valence-corrected chi connectivity index (χ0v) is 17.0. The zero-order valence-electron chi connectivity index (χ0n) is 14.6. The van der Waals surface area contributed by atoms with E-state index in [0.29, 0.717) is 28.8 Å². The largest absolute Gasteiger partial charge is 0.488 e. The Bertz CT molecular complexity index is 900. The Morgan fingerprint density at radius 2 is 2.15 bits per heavy atom. The van der Waals surface area contributed by atoms with Crippen molar-refractivity contribution in [3.05, 3.63) is 62.8 Å². The first-order valence-corrected chi connectivity index (χ1v) is 9.59. The summed E-state index contributed by atoms with van der Waals surface area (Å²) in [7, 11) is 0. The Hall–Kier alpha value is -2.19. The van der Waals surface area contributed by atoms with E-state index in [4.69, 9.17) is 16.3 Å². The monoisotopic (exact) mass is 453 g/mol. The quantitative estimate of drug-likeness (QED) is 0.528. The van der Waals surface area contributed by atoms with Gasteiger partial charge < -0.3 is 10.1 Å². The molecule has 9 heteroatoms. The van der Waals surface area contributed by atoms with E-state index in [1.54, 1.807) is 16.8 Å². The summed E-state index contributed by atoms with van der Waals surface area (Å²) in [4.78, 5) is 0. The molecule has 3 aromatic rings. The molecule has 0 radical (unpaired) electrons. The molecule has 0 atom stereocenters. The third-order valence-electron chi connectivity index (χ3n) is 3.86. The molecule has 2 aromatic carbocycles. The second-order valence-electron chi connectivity index (χ2n) is 5.82. The number of halogens is 3. The van der Waals surface area contributed by atoms with Crippen molar-refractivity contribution in [2.75, 3.05) is 5.32 Å². The molecule has 0 fully saturated rings. The molecule has 0 unspecified atom stereocenters. The number of benzene rings is 2. The van der Waals surface area contributed by atoms with Crippen LogP contribution in [0.4, 0.5) is 10.3 Å². The normalized spacial score (nSPS) is 10.8. The summed E-state index contributed by atoms with van der Waals surface area (Å²) in [6, 6.07) is 10.2. The highest BCUT2D eigenvalue weighted by Gasteiger charge is 2.12. The van der Waals surface area contributed by atoms with Gasteiger partial charge in [0.05, 0.1) is 5.02 Å². The highest BCUT2D eigenvalue weighted by Crippen LogP contribution is 2.27. The summed E-state index contributed by atoms with van der Waals surface area (Å²) in [5.74, 6) is 0.817. The number of tetrazole rings is 1. The van der Waals surface area contributed by atoms with Crippen molar-refractivity contribution in [2.45, 2.75) is 33.0 Å². The lowest BCUT2D eigenvalue weighted by molar-refractivity contribution is 0.297. The standard InChI is InChI=1S/C18H18BrClFN5O/c1-2-8-26-18(23-24-25-26)22-10-12-9-13(19)6-7-17(12)27-11-14-15(20)4-3-5-16(14)21/h3-7,9H,2,8,10-11H2,1H3,(H,22,23,25). The van der Waals surface area contributed by atoms with Crippen LogP contribution in [0.15, 0.2) is 40.9 Å². The SMILES string of the molecule is CCCn1nnnc1NCc1cc(Br)ccc1OCc1c(F)cccc1Cl. The fraction of sp³-hybridized carbons (Fsp3) is 0.278. The van der Waals surface area contributed by atoms with E-state index in [1.165, 1.54) is 6.07 Å². The Labute approximate surface area is 169 Å². The molecule has 0 bridgehead atoms. The van der Waals surface area contributed by atoms with Gasteiger partial charge in [-0.05, 0) is 47.2 Å². The van der Waals surface area contributed by atoms with Crippen LogP contribution in [0.5, 0.6) is 5.75 Å². The van der Waals surface area contributed by atoms with Crippen molar-refractivity contribution in [1.29, 1.82) is 0 Å². The van der Waals surface area contributed by atoms with Gasteiger partial charge in [-0.1, -0.05) is 45.6 Å². The summed E-state index contributed by atoms with van der Waals surface area (Å²) in [5.41, 5.74) is 1.20. The molecule has 3 rings (SSSR count). The highest BCUT2D eigenvalue weighted by molar-refractivity contribution is 9.10. The van der Waals surface area contributed by atoms with Crippen LogP contribution in [-0.2, 0) is 19.7 Å². The van der Waals surface area contributed by atoms with Crippen LogP contribution < -0.4 is 10.1 Å². The third kappa shape index (κ3) is 4.95. The lowest BCUT2D eigenvalue weighted by atomic mass is 10.2. The number of aryl methyl sites for hydroxylation is 1. The van der Waals surface area contributed by atoms with Crippen molar-refractivity contribution >= 4 is 33.5 Å². The van der Waals surface area contributed by atoms with Gasteiger partial charge in [0.15, 0.2) is 0 Å². The van der Waals surface area contributed by atoms with E-state index in [2.05, 4.69) is 43.7 Å². The fourth-order valence-corrected chi connectivity index (χ4v) is 3.14. The second kappa shape index (κ2) is 9.14. The van der Waals surface area contributed by atoms with E-state index in [9.17, 15) is 4.39 Å². The highest BCUT2D eigenvalue weighted by atomic mass is 79.9. The minimum Gasteiger partial charge on any atom is -0.488 e. The minimum absolute atomic E-state index is 0.0354. The number of hydrogen-bond acceptors (Lipinski definition) is 5. The van der Waals surface area contributed by atoms with Crippen LogP contribution in [0.25, 0.3) is 0 Å². The lowest BCUT2D eigenvalue weighted by Crippen LogP contribution is -2.10. The molecule has 6 nitrogen and oxygen atoms in total. The number of hydrogen-bond donors (Lipinski definition) is 1. The van der Waals surface area contributed by atoms with Crippen molar-refractivity contribution in [2.24, 2.45) is 0 Å². The molecule has 0 aliphatic carbocycles. The van der Waals surface area contributed by atoms with E-state index < -0.39 is 5.82 Å². The van der Waals surface area contributed by atoms with Crippen LogP contribution in [-0.4, -0.2) is 20.2 Å². The summed E-state index contributed by atoms with van der Waals surface area (Å²) >= 11 is 9.54. The molecule has 0 aliphatic heterocycles. The van der Waals surface area contributed by atoms with Gasteiger partial charge in [-0.15, -0.1) is 0 Å².